The molecule has 0 amide bonds. The van der Waals surface area contributed by atoms with Gasteiger partial charge < -0.3 is 10.2 Å². The summed E-state index contributed by atoms with van der Waals surface area (Å²) in [6.45, 7) is 5.21. The summed E-state index contributed by atoms with van der Waals surface area (Å²) in [6, 6.07) is 0. The van der Waals surface area contributed by atoms with Gasteiger partial charge in [-0.3, -0.25) is 4.79 Å². The minimum atomic E-state index is -0.870. The number of carboxylic acid groups (broad SMARTS) is 1. The van der Waals surface area contributed by atoms with Crippen molar-refractivity contribution in [2.45, 2.75) is 13.3 Å². The molecule has 2 N–H and O–H groups in total. The first-order chi connectivity index (χ1) is 5.59. The summed E-state index contributed by atoms with van der Waals surface area (Å²) in [5.41, 5.74) is 0.630. The molecule has 0 saturated heterocycles. The molecule has 0 heterocycles. The van der Waals surface area contributed by atoms with Gasteiger partial charge in [-0.1, -0.05) is 24.3 Å². The van der Waals surface area contributed by atoms with Crippen LogP contribution in [0.1, 0.15) is 13.3 Å². The van der Waals surface area contributed by atoms with Crippen LogP contribution in [0.5, 0.6) is 0 Å². The number of hydrogen-bond donors (Lipinski definition) is 2. The van der Waals surface area contributed by atoms with Crippen molar-refractivity contribution in [3.8, 4) is 0 Å². The van der Waals surface area contributed by atoms with Crippen molar-refractivity contribution in [3.05, 3.63) is 24.3 Å². The monoisotopic (exact) mass is 170 g/mol. The van der Waals surface area contributed by atoms with E-state index in [9.17, 15) is 4.79 Å². The molecule has 3 heteroatoms. The van der Waals surface area contributed by atoms with E-state index in [0.717, 1.165) is 0 Å². The predicted molar refractivity (Wildman–Crippen MR) is 46.8 cm³/mol. The van der Waals surface area contributed by atoms with E-state index in [0.29, 0.717) is 12.0 Å². The van der Waals surface area contributed by atoms with Gasteiger partial charge in [0, 0.05) is 0 Å². The molecule has 12 heavy (non-hydrogen) atoms. The van der Waals surface area contributed by atoms with E-state index in [2.05, 4.69) is 6.58 Å². The van der Waals surface area contributed by atoms with Crippen LogP contribution in [0.25, 0.3) is 0 Å². The maximum Gasteiger partial charge on any atom is 0.310 e. The van der Waals surface area contributed by atoms with Crippen LogP contribution in [0.2, 0.25) is 0 Å². The molecule has 0 radical (unpaired) electrons. The van der Waals surface area contributed by atoms with Crippen molar-refractivity contribution in [1.29, 1.82) is 0 Å². The van der Waals surface area contributed by atoms with Crippen LogP contribution in [0.15, 0.2) is 24.3 Å². The van der Waals surface area contributed by atoms with Crippen LogP contribution in [-0.4, -0.2) is 22.8 Å². The largest absolute Gasteiger partial charge is 0.481 e. The third kappa shape index (κ3) is 3.93. The standard InChI is InChI=1S/C9H14O3/c1-7(2)8(9(11)12)5-3-4-6-10/h3-4,8,10H,1,5-6H2,2H3,(H,11,12)/b4-3+. The van der Waals surface area contributed by atoms with Crippen molar-refractivity contribution in [2.24, 2.45) is 5.92 Å². The summed E-state index contributed by atoms with van der Waals surface area (Å²) in [7, 11) is 0. The van der Waals surface area contributed by atoms with E-state index >= 15 is 0 Å². The van der Waals surface area contributed by atoms with Crippen molar-refractivity contribution < 1.29 is 15.0 Å². The molecule has 0 aromatic rings. The van der Waals surface area contributed by atoms with Gasteiger partial charge in [0.2, 0.25) is 0 Å². The molecular formula is C9H14O3. The maximum atomic E-state index is 10.6. The second-order valence-corrected chi connectivity index (χ2v) is 2.63. The molecule has 0 aliphatic heterocycles. The first kappa shape index (κ1) is 10.9. The fourth-order valence-electron chi connectivity index (χ4n) is 0.820. The molecule has 0 aromatic carbocycles. The topological polar surface area (TPSA) is 57.5 Å². The minimum Gasteiger partial charge on any atom is -0.481 e. The van der Waals surface area contributed by atoms with Crippen molar-refractivity contribution in [3.63, 3.8) is 0 Å². The first-order valence-corrected chi connectivity index (χ1v) is 3.73. The Bertz CT molecular complexity index is 180. The number of allylic oxidation sites excluding steroid dienone is 1. The zero-order chi connectivity index (χ0) is 9.56. The van der Waals surface area contributed by atoms with Crippen molar-refractivity contribution in [2.75, 3.05) is 6.61 Å². The molecular weight excluding hydrogens is 156 g/mol. The maximum absolute atomic E-state index is 10.6. The third-order valence-electron chi connectivity index (χ3n) is 1.54. The second kappa shape index (κ2) is 5.55. The van der Waals surface area contributed by atoms with Gasteiger partial charge in [-0.2, -0.15) is 0 Å². The number of hydrogen-bond acceptors (Lipinski definition) is 2. The van der Waals surface area contributed by atoms with E-state index in [4.69, 9.17) is 10.2 Å². The van der Waals surface area contributed by atoms with Crippen LogP contribution in [0.3, 0.4) is 0 Å². The SMILES string of the molecule is C=C(C)C(C/C=C/CO)C(=O)O. The highest BCUT2D eigenvalue weighted by molar-refractivity contribution is 5.73. The highest BCUT2D eigenvalue weighted by Crippen LogP contribution is 2.13. The zero-order valence-electron chi connectivity index (χ0n) is 7.16. The van der Waals surface area contributed by atoms with E-state index in [1.165, 1.54) is 6.08 Å². The number of aliphatic hydroxyl groups excluding tert-OH is 1. The molecule has 0 rings (SSSR count). The predicted octanol–water partition coefficient (Wildman–Crippen LogP) is 1.20. The Labute approximate surface area is 72.0 Å². The lowest BCUT2D eigenvalue weighted by atomic mass is 9.98. The van der Waals surface area contributed by atoms with Crippen LogP contribution in [0, 0.1) is 5.92 Å². The summed E-state index contributed by atoms with van der Waals surface area (Å²) in [5, 5.41) is 17.1. The molecule has 0 bridgehead atoms. The number of carboxylic acids is 1. The molecule has 0 aliphatic rings. The summed E-state index contributed by atoms with van der Waals surface area (Å²) >= 11 is 0. The Hall–Kier alpha value is -1.09. The Morgan fingerprint density at radius 1 is 1.58 bits per heavy atom. The zero-order valence-corrected chi connectivity index (χ0v) is 7.16. The lowest BCUT2D eigenvalue weighted by Crippen LogP contribution is -2.13. The lowest BCUT2D eigenvalue weighted by Gasteiger charge is -2.07. The first-order valence-electron chi connectivity index (χ1n) is 3.73. The molecule has 0 aromatic heterocycles. The van der Waals surface area contributed by atoms with Gasteiger partial charge in [-0.05, 0) is 13.3 Å². The quantitative estimate of drug-likeness (QED) is 0.609. The van der Waals surface area contributed by atoms with Crippen molar-refractivity contribution in [1.82, 2.24) is 0 Å². The fourth-order valence-corrected chi connectivity index (χ4v) is 0.820. The van der Waals surface area contributed by atoms with E-state index in [-0.39, 0.29) is 6.61 Å². The number of carbonyl (C=O) groups is 1. The Kier molecular flexibility index (Phi) is 5.04. The number of aliphatic hydroxyl groups is 1. The van der Waals surface area contributed by atoms with E-state index < -0.39 is 11.9 Å². The highest BCUT2D eigenvalue weighted by Gasteiger charge is 2.15. The molecule has 1 unspecified atom stereocenters. The molecule has 0 fully saturated rings. The van der Waals surface area contributed by atoms with Gasteiger partial charge in [0.15, 0.2) is 0 Å². The Morgan fingerprint density at radius 3 is 2.50 bits per heavy atom. The third-order valence-corrected chi connectivity index (χ3v) is 1.54. The summed E-state index contributed by atoms with van der Waals surface area (Å²) in [6.07, 6.45) is 3.57. The lowest BCUT2D eigenvalue weighted by molar-refractivity contribution is -0.140. The molecule has 0 aliphatic carbocycles. The summed E-state index contributed by atoms with van der Waals surface area (Å²) < 4.78 is 0. The normalized spacial score (nSPS) is 13.2. The van der Waals surface area contributed by atoms with Gasteiger partial charge in [-0.25, -0.2) is 0 Å². The van der Waals surface area contributed by atoms with Gasteiger partial charge in [0.25, 0.3) is 0 Å². The molecule has 0 spiro atoms. The molecule has 1 atom stereocenters. The van der Waals surface area contributed by atoms with Crippen LogP contribution < -0.4 is 0 Å². The number of rotatable bonds is 5. The molecule has 3 nitrogen and oxygen atoms in total. The van der Waals surface area contributed by atoms with Crippen molar-refractivity contribution >= 4 is 5.97 Å². The summed E-state index contributed by atoms with van der Waals surface area (Å²) in [4.78, 5) is 10.6. The van der Waals surface area contributed by atoms with Gasteiger partial charge >= 0.3 is 5.97 Å². The van der Waals surface area contributed by atoms with Gasteiger partial charge in [-0.15, -0.1) is 0 Å². The number of aliphatic carboxylic acids is 1. The van der Waals surface area contributed by atoms with Crippen LogP contribution >= 0.6 is 0 Å². The second-order valence-electron chi connectivity index (χ2n) is 2.63. The Balaban J connectivity index is 4.06. The van der Waals surface area contributed by atoms with Gasteiger partial charge in [0.05, 0.1) is 12.5 Å². The minimum absolute atomic E-state index is 0.0530. The highest BCUT2D eigenvalue weighted by atomic mass is 16.4. The molecule has 0 saturated carbocycles. The average molecular weight is 170 g/mol. The fraction of sp³-hybridized carbons (Fsp3) is 0.444. The van der Waals surface area contributed by atoms with Gasteiger partial charge in [0.1, 0.15) is 0 Å². The smallest absolute Gasteiger partial charge is 0.310 e. The molecule has 68 valence electrons. The van der Waals surface area contributed by atoms with E-state index in [1.54, 1.807) is 13.0 Å². The van der Waals surface area contributed by atoms with E-state index in [1.807, 2.05) is 0 Å². The van der Waals surface area contributed by atoms with Crippen LogP contribution in [-0.2, 0) is 4.79 Å². The Morgan fingerprint density at radius 2 is 2.17 bits per heavy atom. The summed E-state index contributed by atoms with van der Waals surface area (Å²) in [5.74, 6) is -1.40. The van der Waals surface area contributed by atoms with Crippen LogP contribution in [0.4, 0.5) is 0 Å². The average Bonchev–Trinajstić information content (AvgIpc) is 1.96.